The van der Waals surface area contributed by atoms with Crippen LogP contribution in [0.3, 0.4) is 0 Å². The lowest BCUT2D eigenvalue weighted by Crippen LogP contribution is -2.30. The summed E-state index contributed by atoms with van der Waals surface area (Å²) in [6.07, 6.45) is 0. The third-order valence-electron chi connectivity index (χ3n) is 3.53. The normalized spacial score (nSPS) is 12.1. The zero-order valence-corrected chi connectivity index (χ0v) is 18.9. The van der Waals surface area contributed by atoms with E-state index in [1.165, 1.54) is 44.6 Å². The molecule has 0 bridgehead atoms. The predicted octanol–water partition coefficient (Wildman–Crippen LogP) is 2.95. The summed E-state index contributed by atoms with van der Waals surface area (Å²) in [6, 6.07) is 8.12. The van der Waals surface area contributed by atoms with E-state index < -0.39 is 20.0 Å². The molecule has 0 atom stereocenters. The Balaban J connectivity index is 2.53. The molecule has 0 unspecified atom stereocenters. The van der Waals surface area contributed by atoms with E-state index in [1.807, 2.05) is 0 Å². The van der Waals surface area contributed by atoms with Gasteiger partial charge in [0.15, 0.2) is 0 Å². The van der Waals surface area contributed by atoms with Gasteiger partial charge in [-0.25, -0.2) is 21.6 Å². The minimum absolute atomic E-state index is 0.0174. The second-order valence-corrected chi connectivity index (χ2v) is 10.3. The van der Waals surface area contributed by atoms with Gasteiger partial charge in [0, 0.05) is 10.5 Å². The van der Waals surface area contributed by atoms with Crippen molar-refractivity contribution in [1.29, 1.82) is 0 Å². The molecule has 0 aliphatic rings. The van der Waals surface area contributed by atoms with Crippen molar-refractivity contribution in [2.75, 3.05) is 18.9 Å². The van der Waals surface area contributed by atoms with Crippen molar-refractivity contribution in [2.45, 2.75) is 29.7 Å². The lowest BCUT2D eigenvalue weighted by molar-refractivity contribution is 0.402. The highest BCUT2D eigenvalue weighted by molar-refractivity contribution is 9.10. The fourth-order valence-corrected chi connectivity index (χ4v) is 5.42. The number of benzene rings is 2. The number of rotatable bonds is 8. The first-order valence-corrected chi connectivity index (χ1v) is 11.8. The molecule has 2 aromatic carbocycles. The number of hydrogen-bond donors (Lipinski definition) is 2. The van der Waals surface area contributed by atoms with E-state index >= 15 is 0 Å². The maximum atomic E-state index is 12.9. The Morgan fingerprint density at radius 1 is 0.893 bits per heavy atom. The first-order valence-electron chi connectivity index (χ1n) is 8.07. The summed E-state index contributed by atoms with van der Waals surface area (Å²) in [5.74, 6) is 0.306. The molecule has 0 aromatic heterocycles. The number of sulfonamides is 2. The van der Waals surface area contributed by atoms with Crippen LogP contribution in [0.25, 0.3) is 0 Å². The maximum Gasteiger partial charge on any atom is 0.265 e. The van der Waals surface area contributed by atoms with Gasteiger partial charge < -0.3 is 9.47 Å². The van der Waals surface area contributed by atoms with Crippen LogP contribution in [0.4, 0.5) is 5.69 Å². The van der Waals surface area contributed by atoms with E-state index in [2.05, 4.69) is 25.4 Å². The number of anilines is 1. The molecular formula is C17H21BrN2O6S2. The van der Waals surface area contributed by atoms with Crippen molar-refractivity contribution >= 4 is 41.7 Å². The highest BCUT2D eigenvalue weighted by Gasteiger charge is 2.24. The standard InChI is InChI=1S/C17H21BrN2O6S2/c1-11(2)19-27(21,22)13-6-8-15(25-3)14(10-13)20-28(23,24)17-9-12(18)5-7-16(17)26-4/h5-11,19-20H,1-4H3. The van der Waals surface area contributed by atoms with Gasteiger partial charge in [0.25, 0.3) is 10.0 Å². The number of ether oxygens (including phenoxy) is 2. The molecule has 0 aliphatic carbocycles. The highest BCUT2D eigenvalue weighted by Crippen LogP contribution is 2.33. The molecule has 28 heavy (non-hydrogen) atoms. The lowest BCUT2D eigenvalue weighted by atomic mass is 10.3. The fraction of sp³-hybridized carbons (Fsp3) is 0.294. The first kappa shape index (κ1) is 22.5. The highest BCUT2D eigenvalue weighted by atomic mass is 79.9. The van der Waals surface area contributed by atoms with Crippen molar-refractivity contribution in [1.82, 2.24) is 4.72 Å². The number of hydrogen-bond acceptors (Lipinski definition) is 6. The minimum Gasteiger partial charge on any atom is -0.495 e. The number of nitrogens with one attached hydrogen (secondary N) is 2. The molecule has 154 valence electrons. The summed E-state index contributed by atoms with van der Waals surface area (Å²) in [4.78, 5) is -0.207. The van der Waals surface area contributed by atoms with E-state index in [9.17, 15) is 16.8 Å². The number of halogens is 1. The van der Waals surface area contributed by atoms with Crippen LogP contribution in [0.1, 0.15) is 13.8 Å². The first-order chi connectivity index (χ1) is 13.0. The Hall–Kier alpha value is -1.82. The van der Waals surface area contributed by atoms with Crippen LogP contribution < -0.4 is 18.9 Å². The van der Waals surface area contributed by atoms with Crippen molar-refractivity contribution in [2.24, 2.45) is 0 Å². The van der Waals surface area contributed by atoms with Crippen molar-refractivity contribution in [3.8, 4) is 11.5 Å². The Bertz CT molecular complexity index is 1070. The van der Waals surface area contributed by atoms with Gasteiger partial charge in [0.2, 0.25) is 10.0 Å². The molecule has 0 aliphatic heterocycles. The third kappa shape index (κ3) is 5.16. The topological polar surface area (TPSA) is 111 Å². The van der Waals surface area contributed by atoms with E-state index in [4.69, 9.17) is 9.47 Å². The van der Waals surface area contributed by atoms with Crippen molar-refractivity contribution in [3.05, 3.63) is 40.9 Å². The summed E-state index contributed by atoms with van der Waals surface area (Å²) < 4.78 is 66.3. The van der Waals surface area contributed by atoms with Gasteiger partial charge in [0.1, 0.15) is 16.4 Å². The average Bonchev–Trinajstić information content (AvgIpc) is 2.60. The molecule has 0 amide bonds. The zero-order valence-electron chi connectivity index (χ0n) is 15.7. The van der Waals surface area contributed by atoms with Gasteiger partial charge in [-0.1, -0.05) is 15.9 Å². The fourth-order valence-electron chi connectivity index (χ4n) is 2.37. The summed E-state index contributed by atoms with van der Waals surface area (Å²) >= 11 is 3.23. The van der Waals surface area contributed by atoms with Gasteiger partial charge in [-0.15, -0.1) is 0 Å². The summed E-state index contributed by atoms with van der Waals surface area (Å²) in [5, 5.41) is 0. The van der Waals surface area contributed by atoms with Crippen LogP contribution in [-0.4, -0.2) is 37.1 Å². The molecule has 0 saturated heterocycles. The summed E-state index contributed by atoms with van der Waals surface area (Å²) in [7, 11) is -5.21. The Labute approximate surface area is 173 Å². The Morgan fingerprint density at radius 2 is 1.50 bits per heavy atom. The van der Waals surface area contributed by atoms with Crippen LogP contribution in [-0.2, 0) is 20.0 Å². The van der Waals surface area contributed by atoms with Gasteiger partial charge in [-0.05, 0) is 50.2 Å². The Morgan fingerprint density at radius 3 is 2.07 bits per heavy atom. The lowest BCUT2D eigenvalue weighted by Gasteiger charge is -2.16. The SMILES string of the molecule is COc1ccc(S(=O)(=O)NC(C)C)cc1NS(=O)(=O)c1cc(Br)ccc1OC. The molecule has 8 nitrogen and oxygen atoms in total. The van der Waals surface area contributed by atoms with Crippen molar-refractivity contribution < 1.29 is 26.3 Å². The van der Waals surface area contributed by atoms with Crippen LogP contribution in [0.5, 0.6) is 11.5 Å². The molecule has 0 saturated carbocycles. The molecule has 0 spiro atoms. The predicted molar refractivity (Wildman–Crippen MR) is 110 cm³/mol. The molecule has 11 heteroatoms. The largest absolute Gasteiger partial charge is 0.495 e. The van der Waals surface area contributed by atoms with Gasteiger partial charge in [0.05, 0.1) is 24.8 Å². The molecule has 0 radical (unpaired) electrons. The third-order valence-corrected chi connectivity index (χ3v) is 7.07. The van der Waals surface area contributed by atoms with E-state index in [1.54, 1.807) is 19.9 Å². The monoisotopic (exact) mass is 492 g/mol. The molecule has 2 rings (SSSR count). The molecule has 0 fully saturated rings. The van der Waals surface area contributed by atoms with Crippen LogP contribution in [0.2, 0.25) is 0 Å². The molecule has 0 heterocycles. The second kappa shape index (κ2) is 8.68. The van der Waals surface area contributed by atoms with Gasteiger partial charge >= 0.3 is 0 Å². The second-order valence-electron chi connectivity index (χ2n) is 6.04. The molecule has 2 aromatic rings. The smallest absolute Gasteiger partial charge is 0.265 e. The van der Waals surface area contributed by atoms with Gasteiger partial charge in [-0.3, -0.25) is 4.72 Å². The van der Waals surface area contributed by atoms with E-state index in [-0.39, 0.29) is 33.0 Å². The zero-order chi connectivity index (χ0) is 21.1. The summed E-state index contributed by atoms with van der Waals surface area (Å²) in [6.45, 7) is 3.37. The van der Waals surface area contributed by atoms with E-state index in [0.29, 0.717) is 4.47 Å². The quantitative estimate of drug-likeness (QED) is 0.585. The Kier molecular flexibility index (Phi) is 6.97. The van der Waals surface area contributed by atoms with Crippen LogP contribution in [0.15, 0.2) is 50.7 Å². The van der Waals surface area contributed by atoms with E-state index in [0.717, 1.165) is 0 Å². The van der Waals surface area contributed by atoms with Crippen LogP contribution >= 0.6 is 15.9 Å². The van der Waals surface area contributed by atoms with Crippen molar-refractivity contribution in [3.63, 3.8) is 0 Å². The van der Waals surface area contributed by atoms with Crippen LogP contribution in [0, 0.1) is 0 Å². The minimum atomic E-state index is -4.10. The number of methoxy groups -OCH3 is 2. The molecular weight excluding hydrogens is 472 g/mol. The average molecular weight is 493 g/mol. The summed E-state index contributed by atoms with van der Waals surface area (Å²) in [5.41, 5.74) is -0.0174. The maximum absolute atomic E-state index is 12.9. The molecule has 2 N–H and O–H groups in total. The van der Waals surface area contributed by atoms with Gasteiger partial charge in [-0.2, -0.15) is 0 Å².